The Balaban J connectivity index is 1.89. The van der Waals surface area contributed by atoms with E-state index in [4.69, 9.17) is 5.11 Å². The van der Waals surface area contributed by atoms with Crippen molar-refractivity contribution in [2.45, 2.75) is 38.6 Å². The molecule has 0 unspecified atom stereocenters. The van der Waals surface area contributed by atoms with E-state index in [1.54, 1.807) is 6.20 Å². The summed E-state index contributed by atoms with van der Waals surface area (Å²) in [6.07, 6.45) is 9.95. The molecule has 3 heteroatoms. The molecule has 0 aromatic carbocycles. The third-order valence-electron chi connectivity index (χ3n) is 2.79. The first kappa shape index (κ1) is 8.60. The van der Waals surface area contributed by atoms with Crippen molar-refractivity contribution in [3.05, 3.63) is 12.4 Å². The zero-order valence-electron chi connectivity index (χ0n) is 7.82. The van der Waals surface area contributed by atoms with Crippen LogP contribution in [0.25, 0.3) is 0 Å². The number of aromatic nitrogens is 2. The van der Waals surface area contributed by atoms with Crippen LogP contribution in [0.15, 0.2) is 12.4 Å². The lowest BCUT2D eigenvalue weighted by Gasteiger charge is -2.21. The maximum Gasteiger partial charge on any atom is 0.153 e. The van der Waals surface area contributed by atoms with Gasteiger partial charge >= 0.3 is 0 Å². The van der Waals surface area contributed by atoms with Gasteiger partial charge in [-0.3, -0.25) is 4.68 Å². The molecule has 1 aliphatic carbocycles. The van der Waals surface area contributed by atoms with E-state index in [-0.39, 0.29) is 5.75 Å². The van der Waals surface area contributed by atoms with Crippen LogP contribution in [0.3, 0.4) is 0 Å². The highest BCUT2D eigenvalue weighted by molar-refractivity contribution is 5.08. The van der Waals surface area contributed by atoms with Gasteiger partial charge in [0, 0.05) is 6.54 Å². The van der Waals surface area contributed by atoms with Gasteiger partial charge in [0.2, 0.25) is 0 Å². The predicted octanol–water partition coefficient (Wildman–Crippen LogP) is 2.17. The van der Waals surface area contributed by atoms with E-state index in [1.165, 1.54) is 38.3 Å². The molecule has 0 atom stereocenters. The van der Waals surface area contributed by atoms with E-state index in [0.717, 1.165) is 12.5 Å². The lowest BCUT2D eigenvalue weighted by atomic mass is 9.89. The molecular formula is C10H16N2O. The van der Waals surface area contributed by atoms with Crippen molar-refractivity contribution in [1.29, 1.82) is 0 Å². The molecule has 1 aromatic rings. The quantitative estimate of drug-likeness (QED) is 0.757. The normalized spacial score (nSPS) is 19.1. The van der Waals surface area contributed by atoms with Crippen molar-refractivity contribution in [3.63, 3.8) is 0 Å². The van der Waals surface area contributed by atoms with E-state index < -0.39 is 0 Å². The molecule has 0 bridgehead atoms. The molecule has 1 aromatic heterocycles. The van der Waals surface area contributed by atoms with Gasteiger partial charge in [-0.2, -0.15) is 5.10 Å². The first-order valence-electron chi connectivity index (χ1n) is 5.06. The van der Waals surface area contributed by atoms with Crippen LogP contribution < -0.4 is 0 Å². The maximum absolute atomic E-state index is 9.10. The lowest BCUT2D eigenvalue weighted by Crippen LogP contribution is -2.14. The highest BCUT2D eigenvalue weighted by atomic mass is 16.3. The smallest absolute Gasteiger partial charge is 0.153 e. The Morgan fingerprint density at radius 3 is 2.77 bits per heavy atom. The Morgan fingerprint density at radius 2 is 2.15 bits per heavy atom. The molecule has 1 N–H and O–H groups in total. The molecule has 0 aliphatic heterocycles. The third kappa shape index (κ3) is 2.23. The van der Waals surface area contributed by atoms with Crippen LogP contribution >= 0.6 is 0 Å². The van der Waals surface area contributed by atoms with Gasteiger partial charge in [0.05, 0.1) is 12.4 Å². The maximum atomic E-state index is 9.10. The standard InChI is InChI=1S/C10H16N2O/c13-10-6-11-12(8-10)7-9-4-2-1-3-5-9/h6,8-9,13H,1-5,7H2. The summed E-state index contributed by atoms with van der Waals surface area (Å²) < 4.78 is 1.85. The average molecular weight is 180 g/mol. The number of hydrogen-bond acceptors (Lipinski definition) is 2. The second kappa shape index (κ2) is 3.81. The fourth-order valence-corrected chi connectivity index (χ4v) is 2.09. The van der Waals surface area contributed by atoms with E-state index in [9.17, 15) is 0 Å². The first-order valence-corrected chi connectivity index (χ1v) is 5.06. The molecule has 0 radical (unpaired) electrons. The van der Waals surface area contributed by atoms with Crippen molar-refractivity contribution in [2.24, 2.45) is 5.92 Å². The largest absolute Gasteiger partial charge is 0.505 e. The minimum absolute atomic E-state index is 0.274. The number of nitrogens with zero attached hydrogens (tertiary/aromatic N) is 2. The summed E-state index contributed by atoms with van der Waals surface area (Å²) >= 11 is 0. The van der Waals surface area contributed by atoms with E-state index in [1.807, 2.05) is 4.68 Å². The van der Waals surface area contributed by atoms with Crippen molar-refractivity contribution < 1.29 is 5.11 Å². The number of hydrogen-bond donors (Lipinski definition) is 1. The fraction of sp³-hybridized carbons (Fsp3) is 0.700. The predicted molar refractivity (Wildman–Crippen MR) is 50.5 cm³/mol. The van der Waals surface area contributed by atoms with Crippen LogP contribution in [0, 0.1) is 5.92 Å². The van der Waals surface area contributed by atoms with Crippen LogP contribution in [0.2, 0.25) is 0 Å². The molecule has 1 fully saturated rings. The summed E-state index contributed by atoms with van der Waals surface area (Å²) in [5.41, 5.74) is 0. The van der Waals surface area contributed by atoms with Gasteiger partial charge in [0.15, 0.2) is 5.75 Å². The molecule has 72 valence electrons. The lowest BCUT2D eigenvalue weighted by molar-refractivity contribution is 0.307. The van der Waals surface area contributed by atoms with Crippen molar-refractivity contribution in [2.75, 3.05) is 0 Å². The SMILES string of the molecule is Oc1cnn(CC2CCCCC2)c1. The molecule has 1 heterocycles. The van der Waals surface area contributed by atoms with Crippen LogP contribution in [-0.4, -0.2) is 14.9 Å². The van der Waals surface area contributed by atoms with Crippen molar-refractivity contribution in [1.82, 2.24) is 9.78 Å². The van der Waals surface area contributed by atoms with E-state index in [0.29, 0.717) is 0 Å². The van der Waals surface area contributed by atoms with Gasteiger partial charge in [-0.15, -0.1) is 0 Å². The minimum Gasteiger partial charge on any atom is -0.505 e. The van der Waals surface area contributed by atoms with Crippen LogP contribution in [0.1, 0.15) is 32.1 Å². The topological polar surface area (TPSA) is 38.1 Å². The second-order valence-corrected chi connectivity index (χ2v) is 3.92. The molecule has 3 nitrogen and oxygen atoms in total. The van der Waals surface area contributed by atoms with E-state index >= 15 is 0 Å². The van der Waals surface area contributed by atoms with Crippen molar-refractivity contribution in [3.8, 4) is 5.75 Å². The number of rotatable bonds is 2. The molecule has 13 heavy (non-hydrogen) atoms. The van der Waals surface area contributed by atoms with Gasteiger partial charge < -0.3 is 5.11 Å². The van der Waals surface area contributed by atoms with E-state index in [2.05, 4.69) is 5.10 Å². The van der Waals surface area contributed by atoms with Crippen LogP contribution in [0.5, 0.6) is 5.75 Å². The summed E-state index contributed by atoms with van der Waals surface area (Å²) in [4.78, 5) is 0. The van der Waals surface area contributed by atoms with Gasteiger partial charge in [-0.05, 0) is 18.8 Å². The highest BCUT2D eigenvalue weighted by Gasteiger charge is 2.13. The first-order chi connectivity index (χ1) is 6.34. The second-order valence-electron chi connectivity index (χ2n) is 3.92. The fourth-order valence-electron chi connectivity index (χ4n) is 2.09. The zero-order chi connectivity index (χ0) is 9.10. The van der Waals surface area contributed by atoms with Gasteiger partial charge in [-0.1, -0.05) is 19.3 Å². The molecule has 2 rings (SSSR count). The molecular weight excluding hydrogens is 164 g/mol. The van der Waals surface area contributed by atoms with Crippen LogP contribution in [0.4, 0.5) is 0 Å². The summed E-state index contributed by atoms with van der Waals surface area (Å²) in [6, 6.07) is 0. The minimum atomic E-state index is 0.274. The monoisotopic (exact) mass is 180 g/mol. The Morgan fingerprint density at radius 1 is 1.38 bits per heavy atom. The van der Waals surface area contributed by atoms with Gasteiger partial charge in [0.25, 0.3) is 0 Å². The van der Waals surface area contributed by atoms with Crippen molar-refractivity contribution >= 4 is 0 Å². The Bertz CT molecular complexity index is 264. The highest BCUT2D eigenvalue weighted by Crippen LogP contribution is 2.25. The molecule has 0 amide bonds. The molecule has 1 saturated carbocycles. The number of aromatic hydroxyl groups is 1. The Hall–Kier alpha value is -0.990. The molecule has 1 aliphatic rings. The Labute approximate surface area is 78.4 Å². The average Bonchev–Trinajstić information content (AvgIpc) is 2.53. The van der Waals surface area contributed by atoms with Crippen LogP contribution in [-0.2, 0) is 6.54 Å². The molecule has 0 spiro atoms. The summed E-state index contributed by atoms with van der Waals surface area (Å²) in [5, 5.41) is 13.2. The summed E-state index contributed by atoms with van der Waals surface area (Å²) in [6.45, 7) is 0.973. The third-order valence-corrected chi connectivity index (χ3v) is 2.79. The Kier molecular flexibility index (Phi) is 2.52. The van der Waals surface area contributed by atoms with Gasteiger partial charge in [0.1, 0.15) is 0 Å². The summed E-state index contributed by atoms with van der Waals surface area (Å²) in [7, 11) is 0. The molecule has 0 saturated heterocycles. The van der Waals surface area contributed by atoms with Gasteiger partial charge in [-0.25, -0.2) is 0 Å². The zero-order valence-corrected chi connectivity index (χ0v) is 7.82. The summed E-state index contributed by atoms with van der Waals surface area (Å²) in [5.74, 6) is 1.05.